The number of fused-ring (bicyclic) bond motifs is 1. The highest BCUT2D eigenvalue weighted by Gasteiger charge is 2.11. The Morgan fingerprint density at radius 1 is 1.00 bits per heavy atom. The maximum Gasteiger partial charge on any atom is 0.230 e. The summed E-state index contributed by atoms with van der Waals surface area (Å²) in [6, 6.07) is 20.4. The number of amides is 1. The number of nitrogens with zero attached hydrogens (tertiary/aromatic N) is 1. The van der Waals surface area contributed by atoms with Gasteiger partial charge in [0.05, 0.1) is 11.4 Å². The van der Waals surface area contributed by atoms with Gasteiger partial charge in [0.15, 0.2) is 16.6 Å². The molecule has 0 aliphatic carbocycles. The van der Waals surface area contributed by atoms with E-state index in [2.05, 4.69) is 15.6 Å². The molecule has 0 aliphatic rings. The predicted molar refractivity (Wildman–Crippen MR) is 128 cm³/mol. The van der Waals surface area contributed by atoms with Gasteiger partial charge >= 0.3 is 0 Å². The molecule has 5 nitrogen and oxygen atoms in total. The molecule has 4 rings (SSSR count). The second kappa shape index (κ2) is 9.47. The molecule has 0 saturated heterocycles. The van der Waals surface area contributed by atoms with E-state index in [9.17, 15) is 4.79 Å². The average molecular weight is 470 g/mol. The van der Waals surface area contributed by atoms with Crippen molar-refractivity contribution in [3.8, 4) is 0 Å². The number of anilines is 1. The Kier molecular flexibility index (Phi) is 6.51. The van der Waals surface area contributed by atoms with Crippen LogP contribution in [0.2, 0.25) is 10.0 Å². The van der Waals surface area contributed by atoms with Crippen molar-refractivity contribution in [2.45, 2.75) is 12.8 Å². The molecule has 0 spiro atoms. The van der Waals surface area contributed by atoms with E-state index < -0.39 is 0 Å². The standard InChI is InChI=1S/C23H17Cl2N3O2S/c24-16-12-18(25)22-19(13-16)27-21(30-22)11-15-6-8-17(9-7-15)26-23(31)28-20(29)10-14-4-2-1-3-5-14/h1-9,12-13H,10-11H2,(H2,26,28,29,31). The molecular weight excluding hydrogens is 453 g/mol. The highest BCUT2D eigenvalue weighted by Crippen LogP contribution is 2.29. The molecular formula is C23H17Cl2N3O2S. The van der Waals surface area contributed by atoms with Gasteiger partial charge in [-0.25, -0.2) is 4.98 Å². The summed E-state index contributed by atoms with van der Waals surface area (Å²) in [6.07, 6.45) is 0.766. The molecule has 0 saturated carbocycles. The quantitative estimate of drug-likeness (QED) is 0.362. The van der Waals surface area contributed by atoms with Gasteiger partial charge < -0.3 is 15.1 Å². The lowest BCUT2D eigenvalue weighted by molar-refractivity contribution is -0.119. The van der Waals surface area contributed by atoms with Gasteiger partial charge in [-0.1, -0.05) is 65.7 Å². The van der Waals surface area contributed by atoms with Crippen LogP contribution in [0.25, 0.3) is 11.1 Å². The van der Waals surface area contributed by atoms with E-state index in [1.54, 1.807) is 12.1 Å². The summed E-state index contributed by atoms with van der Waals surface area (Å²) in [5.74, 6) is 0.374. The van der Waals surface area contributed by atoms with E-state index in [4.69, 9.17) is 39.8 Å². The largest absolute Gasteiger partial charge is 0.439 e. The Labute approximate surface area is 194 Å². The van der Waals surface area contributed by atoms with E-state index in [0.29, 0.717) is 33.5 Å². The number of rotatable bonds is 5. The molecule has 2 N–H and O–H groups in total. The maximum atomic E-state index is 12.1. The normalized spacial score (nSPS) is 10.8. The van der Waals surface area contributed by atoms with Crippen molar-refractivity contribution in [2.75, 3.05) is 5.32 Å². The van der Waals surface area contributed by atoms with Crippen molar-refractivity contribution in [3.05, 3.63) is 93.8 Å². The number of carbonyl (C=O) groups is 1. The Morgan fingerprint density at radius 3 is 2.48 bits per heavy atom. The number of oxazole rings is 1. The first-order chi connectivity index (χ1) is 15.0. The molecule has 156 valence electrons. The van der Waals surface area contributed by atoms with Gasteiger partial charge in [-0.3, -0.25) is 4.79 Å². The second-order valence-corrected chi connectivity index (χ2v) is 8.13. The van der Waals surface area contributed by atoms with Gasteiger partial charge in [0.2, 0.25) is 5.91 Å². The SMILES string of the molecule is O=C(Cc1ccccc1)NC(=S)Nc1ccc(Cc2nc3cc(Cl)cc(Cl)c3o2)cc1. The Morgan fingerprint density at radius 2 is 1.74 bits per heavy atom. The minimum Gasteiger partial charge on any atom is -0.439 e. The first kappa shape index (κ1) is 21.3. The highest BCUT2D eigenvalue weighted by molar-refractivity contribution is 7.80. The third-order valence-electron chi connectivity index (χ3n) is 4.48. The number of aromatic nitrogens is 1. The number of halogens is 2. The minimum atomic E-state index is -0.171. The molecule has 1 aromatic heterocycles. The second-order valence-electron chi connectivity index (χ2n) is 6.88. The molecule has 0 bridgehead atoms. The molecule has 8 heteroatoms. The third kappa shape index (κ3) is 5.61. The van der Waals surface area contributed by atoms with Gasteiger partial charge in [-0.05, 0) is 47.6 Å². The fourth-order valence-corrected chi connectivity index (χ4v) is 3.83. The van der Waals surface area contributed by atoms with E-state index >= 15 is 0 Å². The van der Waals surface area contributed by atoms with Gasteiger partial charge in [0.25, 0.3) is 0 Å². The summed E-state index contributed by atoms with van der Waals surface area (Å²) in [6.45, 7) is 0. The van der Waals surface area contributed by atoms with Crippen molar-refractivity contribution in [3.63, 3.8) is 0 Å². The van der Waals surface area contributed by atoms with Crippen LogP contribution in [0, 0.1) is 0 Å². The maximum absolute atomic E-state index is 12.1. The van der Waals surface area contributed by atoms with E-state index in [-0.39, 0.29) is 17.4 Å². The van der Waals surface area contributed by atoms with Crippen molar-refractivity contribution in [2.24, 2.45) is 0 Å². The van der Waals surface area contributed by atoms with Crippen LogP contribution in [0.1, 0.15) is 17.0 Å². The summed E-state index contributed by atoms with van der Waals surface area (Å²) < 4.78 is 5.76. The number of hydrogen-bond acceptors (Lipinski definition) is 4. The molecule has 0 unspecified atom stereocenters. The zero-order valence-electron chi connectivity index (χ0n) is 16.2. The lowest BCUT2D eigenvalue weighted by Crippen LogP contribution is -2.35. The summed E-state index contributed by atoms with van der Waals surface area (Å²) in [7, 11) is 0. The summed E-state index contributed by atoms with van der Waals surface area (Å²) in [5.41, 5.74) is 3.84. The molecule has 0 aliphatic heterocycles. The average Bonchev–Trinajstić information content (AvgIpc) is 3.12. The van der Waals surface area contributed by atoms with Gasteiger partial charge in [-0.2, -0.15) is 0 Å². The van der Waals surface area contributed by atoms with Gasteiger partial charge in [0.1, 0.15) is 5.52 Å². The van der Waals surface area contributed by atoms with Crippen molar-refractivity contribution < 1.29 is 9.21 Å². The first-order valence-electron chi connectivity index (χ1n) is 9.44. The Bertz CT molecular complexity index is 1240. The number of nitrogens with one attached hydrogen (secondary N) is 2. The molecule has 0 radical (unpaired) electrons. The molecule has 4 aromatic rings. The van der Waals surface area contributed by atoms with Crippen LogP contribution in [-0.4, -0.2) is 16.0 Å². The molecule has 1 heterocycles. The smallest absolute Gasteiger partial charge is 0.230 e. The van der Waals surface area contributed by atoms with Crippen LogP contribution < -0.4 is 10.6 Å². The van der Waals surface area contributed by atoms with Crippen LogP contribution in [0.4, 0.5) is 5.69 Å². The summed E-state index contributed by atoms with van der Waals surface area (Å²) in [4.78, 5) is 16.6. The van der Waals surface area contributed by atoms with Crippen LogP contribution in [0.3, 0.4) is 0 Å². The zero-order chi connectivity index (χ0) is 21.8. The van der Waals surface area contributed by atoms with Crippen molar-refractivity contribution >= 4 is 63.2 Å². The predicted octanol–water partition coefficient (Wildman–Crippen LogP) is 5.78. The van der Waals surface area contributed by atoms with Crippen molar-refractivity contribution in [1.29, 1.82) is 0 Å². The molecule has 1 amide bonds. The van der Waals surface area contributed by atoms with Crippen molar-refractivity contribution in [1.82, 2.24) is 10.3 Å². The Hall–Kier alpha value is -2.93. The van der Waals surface area contributed by atoms with Gasteiger partial charge in [-0.15, -0.1) is 0 Å². The number of carbonyl (C=O) groups excluding carboxylic acids is 1. The number of thiocarbonyl (C=S) groups is 1. The van der Waals surface area contributed by atoms with Crippen LogP contribution in [0.15, 0.2) is 71.1 Å². The van der Waals surface area contributed by atoms with E-state index in [1.165, 1.54) is 0 Å². The lowest BCUT2D eigenvalue weighted by atomic mass is 10.1. The fourth-order valence-electron chi connectivity index (χ4n) is 3.08. The zero-order valence-corrected chi connectivity index (χ0v) is 18.5. The van der Waals surface area contributed by atoms with Gasteiger partial charge in [0, 0.05) is 17.1 Å². The number of benzene rings is 3. The topological polar surface area (TPSA) is 67.2 Å². The Balaban J connectivity index is 1.34. The monoisotopic (exact) mass is 469 g/mol. The van der Waals surface area contributed by atoms with Crippen LogP contribution in [0.5, 0.6) is 0 Å². The fraction of sp³-hybridized carbons (Fsp3) is 0.0870. The molecule has 0 atom stereocenters. The summed E-state index contributed by atoms with van der Waals surface area (Å²) in [5, 5.41) is 6.90. The van der Waals surface area contributed by atoms with E-state index in [0.717, 1.165) is 16.8 Å². The molecule has 31 heavy (non-hydrogen) atoms. The van der Waals surface area contributed by atoms with Crippen LogP contribution in [-0.2, 0) is 17.6 Å². The highest BCUT2D eigenvalue weighted by atomic mass is 35.5. The lowest BCUT2D eigenvalue weighted by Gasteiger charge is -2.10. The first-order valence-corrected chi connectivity index (χ1v) is 10.6. The number of hydrogen-bond donors (Lipinski definition) is 2. The molecule has 0 fully saturated rings. The minimum absolute atomic E-state index is 0.171. The third-order valence-corrected chi connectivity index (χ3v) is 5.18. The van der Waals surface area contributed by atoms with Crippen LogP contribution >= 0.6 is 35.4 Å². The van der Waals surface area contributed by atoms with E-state index in [1.807, 2.05) is 54.6 Å². The molecule has 3 aromatic carbocycles. The summed E-state index contributed by atoms with van der Waals surface area (Å²) >= 11 is 17.4.